The highest BCUT2D eigenvalue weighted by molar-refractivity contribution is 5.96. The summed E-state index contributed by atoms with van der Waals surface area (Å²) in [6.07, 6.45) is 5.32. The van der Waals surface area contributed by atoms with Crippen LogP contribution in [0.25, 0.3) is 11.1 Å². The second-order valence-electron chi connectivity index (χ2n) is 7.56. The van der Waals surface area contributed by atoms with Crippen LogP contribution < -0.4 is 10.6 Å². The van der Waals surface area contributed by atoms with Gasteiger partial charge in [-0.2, -0.15) is 5.26 Å². The average Bonchev–Trinajstić information content (AvgIpc) is 2.84. The van der Waals surface area contributed by atoms with E-state index in [1.165, 1.54) is 0 Å². The Kier molecular flexibility index (Phi) is 6.76. The molecule has 0 saturated carbocycles. The highest BCUT2D eigenvalue weighted by atomic mass is 16.5. The molecule has 2 bridgehead atoms. The van der Waals surface area contributed by atoms with Gasteiger partial charge < -0.3 is 15.4 Å². The number of hydrogen-bond donors (Lipinski definition) is 2. The Morgan fingerprint density at radius 3 is 2.82 bits per heavy atom. The van der Waals surface area contributed by atoms with Crippen molar-refractivity contribution in [1.29, 1.82) is 5.26 Å². The summed E-state index contributed by atoms with van der Waals surface area (Å²) in [5, 5.41) is 15.0. The Bertz CT molecular complexity index is 1230. The molecule has 7 nitrogen and oxygen atoms in total. The molecule has 1 aromatic heterocycles. The molecule has 2 heterocycles. The first-order valence-electron chi connectivity index (χ1n) is 10.5. The third kappa shape index (κ3) is 5.63. The van der Waals surface area contributed by atoms with E-state index in [2.05, 4.69) is 21.7 Å². The fourth-order valence-corrected chi connectivity index (χ4v) is 3.56. The zero-order chi connectivity index (χ0) is 23.0. The van der Waals surface area contributed by atoms with Gasteiger partial charge in [-0.15, -0.1) is 0 Å². The molecule has 164 valence electrons. The summed E-state index contributed by atoms with van der Waals surface area (Å²) in [6, 6.07) is 20.0. The molecular weight excluding hydrogens is 416 g/mol. The summed E-state index contributed by atoms with van der Waals surface area (Å²) in [5.41, 5.74) is 4.14. The van der Waals surface area contributed by atoms with Crippen LogP contribution in [0.1, 0.15) is 35.7 Å². The van der Waals surface area contributed by atoms with Crippen LogP contribution in [0.5, 0.6) is 0 Å². The maximum Gasteiger partial charge on any atom is 0.408 e. The van der Waals surface area contributed by atoms with Crippen LogP contribution in [0.4, 0.5) is 10.5 Å². The minimum absolute atomic E-state index is 0.164. The number of pyridine rings is 1. The van der Waals surface area contributed by atoms with Gasteiger partial charge in [-0.1, -0.05) is 48.6 Å². The van der Waals surface area contributed by atoms with E-state index in [0.717, 1.165) is 16.7 Å². The van der Waals surface area contributed by atoms with E-state index in [4.69, 9.17) is 4.74 Å². The van der Waals surface area contributed by atoms with Crippen LogP contribution in [0.3, 0.4) is 0 Å². The lowest BCUT2D eigenvalue weighted by Gasteiger charge is -2.19. The first-order valence-corrected chi connectivity index (χ1v) is 10.5. The number of carbonyl (C=O) groups is 2. The average molecular weight is 438 g/mol. The molecule has 2 amide bonds. The summed E-state index contributed by atoms with van der Waals surface area (Å²) in [5.74, 6) is -0.191. The number of hydrogen-bond acceptors (Lipinski definition) is 5. The Balaban J connectivity index is 1.61. The minimum atomic E-state index is -0.548. The van der Waals surface area contributed by atoms with E-state index in [0.29, 0.717) is 23.4 Å². The fourth-order valence-electron chi connectivity index (χ4n) is 3.56. The van der Waals surface area contributed by atoms with E-state index < -0.39 is 12.1 Å². The first-order chi connectivity index (χ1) is 16.1. The summed E-state index contributed by atoms with van der Waals surface area (Å²) in [6.45, 7) is 0.164. The van der Waals surface area contributed by atoms with Crippen molar-refractivity contribution in [3.05, 3.63) is 95.8 Å². The molecule has 1 aliphatic heterocycles. The molecule has 0 radical (unpaired) electrons. The van der Waals surface area contributed by atoms with Crippen molar-refractivity contribution in [3.63, 3.8) is 0 Å². The number of alkyl carbamates (subject to hydrolysis) is 1. The molecule has 1 aliphatic rings. The number of ether oxygens (including phenoxy) is 1. The van der Waals surface area contributed by atoms with Crippen molar-refractivity contribution >= 4 is 17.7 Å². The SMILES string of the molecule is N#Cc1ccc2c(c1)NC(=O)C/C=C\C[C@H](NC(=O)OCc1ccccc1)c1cc-2ccn1. The molecule has 0 unspecified atom stereocenters. The zero-order valence-corrected chi connectivity index (χ0v) is 17.8. The van der Waals surface area contributed by atoms with Gasteiger partial charge in [0.05, 0.1) is 23.4 Å². The number of nitrogens with one attached hydrogen (secondary N) is 2. The van der Waals surface area contributed by atoms with E-state index in [-0.39, 0.29) is 18.9 Å². The summed E-state index contributed by atoms with van der Waals surface area (Å²) < 4.78 is 5.38. The molecule has 2 N–H and O–H groups in total. The topological polar surface area (TPSA) is 104 Å². The lowest BCUT2D eigenvalue weighted by molar-refractivity contribution is -0.115. The van der Waals surface area contributed by atoms with Crippen molar-refractivity contribution in [1.82, 2.24) is 10.3 Å². The van der Waals surface area contributed by atoms with Crippen LogP contribution in [0.15, 0.2) is 79.0 Å². The zero-order valence-electron chi connectivity index (χ0n) is 17.8. The van der Waals surface area contributed by atoms with Gasteiger partial charge >= 0.3 is 6.09 Å². The molecule has 33 heavy (non-hydrogen) atoms. The van der Waals surface area contributed by atoms with E-state index in [9.17, 15) is 14.9 Å². The van der Waals surface area contributed by atoms with Gasteiger partial charge in [-0.3, -0.25) is 9.78 Å². The van der Waals surface area contributed by atoms with Crippen LogP contribution in [0.2, 0.25) is 0 Å². The first kappa shape index (κ1) is 21.8. The molecular formula is C26H22N4O3. The minimum Gasteiger partial charge on any atom is -0.445 e. The maximum absolute atomic E-state index is 12.5. The Labute approximate surface area is 191 Å². The summed E-state index contributed by atoms with van der Waals surface area (Å²) in [7, 11) is 0. The fraction of sp³-hybridized carbons (Fsp3) is 0.154. The second-order valence-corrected chi connectivity index (χ2v) is 7.56. The van der Waals surface area contributed by atoms with Gasteiger partial charge in [0.15, 0.2) is 0 Å². The normalized spacial score (nSPS) is 16.1. The lowest BCUT2D eigenvalue weighted by atomic mass is 9.99. The largest absolute Gasteiger partial charge is 0.445 e. The number of benzene rings is 2. The number of nitriles is 1. The quantitative estimate of drug-likeness (QED) is 0.568. The number of amides is 2. The molecule has 0 aliphatic carbocycles. The van der Waals surface area contributed by atoms with Crippen molar-refractivity contribution in [3.8, 4) is 17.2 Å². The second kappa shape index (κ2) is 10.2. The monoisotopic (exact) mass is 438 g/mol. The molecule has 3 aromatic rings. The van der Waals surface area contributed by atoms with Crippen molar-refractivity contribution in [2.75, 3.05) is 5.32 Å². The Hall–Kier alpha value is -4.44. The van der Waals surface area contributed by atoms with Crippen molar-refractivity contribution < 1.29 is 14.3 Å². The Morgan fingerprint density at radius 2 is 2.00 bits per heavy atom. The van der Waals surface area contributed by atoms with Crippen LogP contribution in [-0.4, -0.2) is 17.0 Å². The van der Waals surface area contributed by atoms with Crippen LogP contribution in [0, 0.1) is 11.3 Å². The van der Waals surface area contributed by atoms with Gasteiger partial charge in [0.2, 0.25) is 5.91 Å². The molecule has 0 spiro atoms. The van der Waals surface area contributed by atoms with Gasteiger partial charge in [0, 0.05) is 23.9 Å². The van der Waals surface area contributed by atoms with Gasteiger partial charge in [0.1, 0.15) is 6.61 Å². The lowest BCUT2D eigenvalue weighted by Crippen LogP contribution is -2.29. The molecule has 1 atom stereocenters. The van der Waals surface area contributed by atoms with Gasteiger partial charge in [-0.25, -0.2) is 4.79 Å². The number of anilines is 1. The van der Waals surface area contributed by atoms with Gasteiger partial charge in [0.25, 0.3) is 0 Å². The predicted molar refractivity (Wildman–Crippen MR) is 124 cm³/mol. The number of fused-ring (bicyclic) bond motifs is 4. The number of nitrogens with zero attached hydrogens (tertiary/aromatic N) is 2. The molecule has 7 heteroatoms. The van der Waals surface area contributed by atoms with E-state index >= 15 is 0 Å². The van der Waals surface area contributed by atoms with Gasteiger partial charge in [-0.05, 0) is 41.8 Å². The standard InChI is InChI=1S/C26H22N4O3/c27-16-19-10-11-21-20-12-13-28-24(15-20)22(8-4-5-9-25(31)29-23(21)14-19)30-26(32)33-17-18-6-2-1-3-7-18/h1-7,10-15,22H,8-9,17H2,(H,29,31)(H,30,32)/b5-4-/t22-/m0/s1. The highest BCUT2D eigenvalue weighted by Gasteiger charge is 2.18. The number of carbonyl (C=O) groups excluding carboxylic acids is 2. The van der Waals surface area contributed by atoms with Crippen molar-refractivity contribution in [2.45, 2.75) is 25.5 Å². The third-order valence-electron chi connectivity index (χ3n) is 5.22. The van der Waals surface area contributed by atoms with E-state index in [1.807, 2.05) is 48.5 Å². The van der Waals surface area contributed by atoms with Crippen molar-refractivity contribution in [2.24, 2.45) is 0 Å². The smallest absolute Gasteiger partial charge is 0.408 e. The maximum atomic E-state index is 12.5. The Morgan fingerprint density at radius 1 is 1.15 bits per heavy atom. The number of rotatable bonds is 3. The van der Waals surface area contributed by atoms with E-state index in [1.54, 1.807) is 30.5 Å². The highest BCUT2D eigenvalue weighted by Crippen LogP contribution is 2.31. The summed E-state index contributed by atoms with van der Waals surface area (Å²) in [4.78, 5) is 29.4. The van der Waals surface area contributed by atoms with Crippen LogP contribution >= 0.6 is 0 Å². The molecule has 2 aromatic carbocycles. The molecule has 4 rings (SSSR count). The number of aromatic nitrogens is 1. The predicted octanol–water partition coefficient (Wildman–Crippen LogP) is 4.88. The molecule has 0 fully saturated rings. The molecule has 0 saturated heterocycles. The summed E-state index contributed by atoms with van der Waals surface area (Å²) >= 11 is 0. The van der Waals surface area contributed by atoms with Crippen LogP contribution in [-0.2, 0) is 16.1 Å². The third-order valence-corrected chi connectivity index (χ3v) is 5.22.